The summed E-state index contributed by atoms with van der Waals surface area (Å²) in [6.07, 6.45) is -10.5. The number of carbonyl (C=O) groups is 1. The fraction of sp³-hybridized carbons (Fsp3) is 0.333. The van der Waals surface area contributed by atoms with E-state index in [1.807, 2.05) is 0 Å². The molecule has 0 spiro atoms. The molecule has 2 aromatic rings. The average Bonchev–Trinajstić information content (AvgIpc) is 2.54. The van der Waals surface area contributed by atoms with Gasteiger partial charge >= 0.3 is 18.3 Å². The molecule has 28 heavy (non-hydrogen) atoms. The molecule has 0 radical (unpaired) electrons. The summed E-state index contributed by atoms with van der Waals surface area (Å²) in [7, 11) is 0. The minimum Gasteiger partial charge on any atom is -0.478 e. The molecule has 1 aromatic carbocycles. The zero-order valence-electron chi connectivity index (χ0n) is 14.9. The van der Waals surface area contributed by atoms with Crippen molar-refractivity contribution < 1.29 is 36.2 Å². The van der Waals surface area contributed by atoms with Crippen molar-refractivity contribution in [2.24, 2.45) is 0 Å². The standard InChI is InChI=1S/C18H15F6NO2S/c1-8(2)10-6-4-5-7-11(10)28-13-9(3)14(17(19,20)21)25-15(18(22,23)24)12(13)16(26)27/h4-8H,1-3H3,(H,26,27). The molecule has 1 aromatic heterocycles. The number of alkyl halides is 6. The Hall–Kier alpha value is -2.23. The zero-order valence-corrected chi connectivity index (χ0v) is 15.7. The lowest BCUT2D eigenvalue weighted by atomic mass is 10.0. The van der Waals surface area contributed by atoms with E-state index in [2.05, 4.69) is 4.98 Å². The minimum atomic E-state index is -5.37. The molecule has 0 unspecified atom stereocenters. The number of aromatic carboxylic acids is 1. The molecule has 152 valence electrons. The first kappa shape index (κ1) is 22.1. The van der Waals surface area contributed by atoms with Gasteiger partial charge in [-0.3, -0.25) is 0 Å². The van der Waals surface area contributed by atoms with Gasteiger partial charge in [-0.25, -0.2) is 9.78 Å². The van der Waals surface area contributed by atoms with Gasteiger partial charge in [0.05, 0.1) is 0 Å². The predicted molar refractivity (Wildman–Crippen MR) is 90.6 cm³/mol. The summed E-state index contributed by atoms with van der Waals surface area (Å²) in [5.74, 6) is -2.08. The van der Waals surface area contributed by atoms with E-state index in [4.69, 9.17) is 0 Å². The highest BCUT2D eigenvalue weighted by Gasteiger charge is 2.45. The Bertz CT molecular complexity index is 906. The quantitative estimate of drug-likeness (QED) is 0.578. The highest BCUT2D eigenvalue weighted by Crippen LogP contribution is 2.45. The van der Waals surface area contributed by atoms with Crippen molar-refractivity contribution in [2.75, 3.05) is 0 Å². The van der Waals surface area contributed by atoms with Crippen LogP contribution in [0, 0.1) is 6.92 Å². The summed E-state index contributed by atoms with van der Waals surface area (Å²) in [6.45, 7) is 4.53. The first-order chi connectivity index (χ1) is 12.7. The SMILES string of the molecule is Cc1c(C(F)(F)F)nc(C(F)(F)F)c(C(=O)O)c1Sc1ccccc1C(C)C. The molecule has 0 aliphatic heterocycles. The van der Waals surface area contributed by atoms with Gasteiger partial charge in [-0.1, -0.05) is 43.8 Å². The lowest BCUT2D eigenvalue weighted by molar-refractivity contribution is -0.151. The fourth-order valence-electron chi connectivity index (χ4n) is 2.62. The highest BCUT2D eigenvalue weighted by atomic mass is 32.2. The molecule has 0 aliphatic rings. The van der Waals surface area contributed by atoms with Crippen LogP contribution in [0.3, 0.4) is 0 Å². The number of carboxylic acid groups (broad SMARTS) is 1. The maximum absolute atomic E-state index is 13.3. The van der Waals surface area contributed by atoms with Crippen molar-refractivity contribution in [3.05, 3.63) is 52.3 Å². The Labute approximate surface area is 160 Å². The second kappa shape index (κ2) is 7.65. The van der Waals surface area contributed by atoms with Gasteiger partial charge in [0.15, 0.2) is 5.69 Å². The molecule has 0 aliphatic carbocycles. The number of hydrogen-bond donors (Lipinski definition) is 1. The van der Waals surface area contributed by atoms with Gasteiger partial charge in [-0.2, -0.15) is 26.3 Å². The molecule has 0 saturated carbocycles. The van der Waals surface area contributed by atoms with Crippen LogP contribution in [0.5, 0.6) is 0 Å². The first-order valence-corrected chi connectivity index (χ1v) is 8.75. The van der Waals surface area contributed by atoms with E-state index in [0.29, 0.717) is 22.2 Å². The lowest BCUT2D eigenvalue weighted by Crippen LogP contribution is -2.22. The van der Waals surface area contributed by atoms with Gasteiger partial charge in [0, 0.05) is 9.79 Å². The van der Waals surface area contributed by atoms with E-state index in [9.17, 15) is 36.2 Å². The van der Waals surface area contributed by atoms with Crippen LogP contribution in [-0.4, -0.2) is 16.1 Å². The van der Waals surface area contributed by atoms with Crippen LogP contribution < -0.4 is 0 Å². The van der Waals surface area contributed by atoms with Crippen molar-refractivity contribution in [1.29, 1.82) is 0 Å². The summed E-state index contributed by atoms with van der Waals surface area (Å²) in [6, 6.07) is 6.45. The van der Waals surface area contributed by atoms with Crippen LogP contribution in [-0.2, 0) is 12.4 Å². The number of aromatic nitrogens is 1. The van der Waals surface area contributed by atoms with E-state index >= 15 is 0 Å². The van der Waals surface area contributed by atoms with Crippen molar-refractivity contribution >= 4 is 17.7 Å². The third-order valence-corrected chi connectivity index (χ3v) is 5.19. The summed E-state index contributed by atoms with van der Waals surface area (Å²) in [5.41, 5.74) is -5.11. The van der Waals surface area contributed by atoms with Crippen molar-refractivity contribution in [3.8, 4) is 0 Å². The van der Waals surface area contributed by atoms with E-state index in [1.54, 1.807) is 32.0 Å². The normalized spacial score (nSPS) is 12.5. The predicted octanol–water partition coefficient (Wildman–Crippen LogP) is 6.40. The molecule has 10 heteroatoms. The van der Waals surface area contributed by atoms with E-state index in [1.165, 1.54) is 6.07 Å². The Kier molecular flexibility index (Phi) is 6.03. The molecule has 0 atom stereocenters. The molecular formula is C18H15F6NO2S. The second-order valence-corrected chi connectivity index (χ2v) is 7.29. The lowest BCUT2D eigenvalue weighted by Gasteiger charge is -2.21. The zero-order chi connectivity index (χ0) is 21.4. The molecule has 0 bridgehead atoms. The first-order valence-electron chi connectivity index (χ1n) is 7.94. The topological polar surface area (TPSA) is 50.2 Å². The minimum absolute atomic E-state index is 0.0803. The molecule has 3 nitrogen and oxygen atoms in total. The Morgan fingerprint density at radius 3 is 2.04 bits per heavy atom. The highest BCUT2D eigenvalue weighted by molar-refractivity contribution is 7.99. The van der Waals surface area contributed by atoms with E-state index in [0.717, 1.165) is 6.92 Å². The van der Waals surface area contributed by atoms with Gasteiger partial charge in [0.2, 0.25) is 0 Å². The Balaban J connectivity index is 2.87. The molecule has 0 fully saturated rings. The van der Waals surface area contributed by atoms with Crippen LogP contribution in [0.25, 0.3) is 0 Å². The van der Waals surface area contributed by atoms with E-state index < -0.39 is 45.7 Å². The van der Waals surface area contributed by atoms with Crippen LogP contribution in [0.15, 0.2) is 34.1 Å². The Morgan fingerprint density at radius 2 is 1.57 bits per heavy atom. The molecule has 0 amide bonds. The van der Waals surface area contributed by atoms with Gasteiger partial charge in [0.25, 0.3) is 0 Å². The molecule has 0 saturated heterocycles. The number of carboxylic acids is 1. The molecule has 1 heterocycles. The van der Waals surface area contributed by atoms with E-state index in [-0.39, 0.29) is 5.92 Å². The number of halogens is 6. The maximum Gasteiger partial charge on any atom is 0.434 e. The van der Waals surface area contributed by atoms with Crippen LogP contribution >= 0.6 is 11.8 Å². The average molecular weight is 423 g/mol. The monoisotopic (exact) mass is 423 g/mol. The fourth-order valence-corrected chi connectivity index (χ4v) is 3.95. The van der Waals surface area contributed by atoms with Gasteiger partial charge < -0.3 is 5.11 Å². The Morgan fingerprint density at radius 1 is 1.04 bits per heavy atom. The number of pyridine rings is 1. The van der Waals surface area contributed by atoms with Crippen LogP contribution in [0.2, 0.25) is 0 Å². The largest absolute Gasteiger partial charge is 0.478 e. The summed E-state index contributed by atoms with van der Waals surface area (Å²) in [4.78, 5) is 14.0. The number of benzene rings is 1. The van der Waals surface area contributed by atoms with Crippen LogP contribution in [0.4, 0.5) is 26.3 Å². The van der Waals surface area contributed by atoms with Crippen LogP contribution in [0.1, 0.15) is 52.6 Å². The number of nitrogens with zero attached hydrogens (tertiary/aromatic N) is 1. The third kappa shape index (κ3) is 4.43. The third-order valence-electron chi connectivity index (χ3n) is 3.89. The number of hydrogen-bond acceptors (Lipinski definition) is 3. The van der Waals surface area contributed by atoms with Gasteiger partial charge in [0.1, 0.15) is 11.3 Å². The van der Waals surface area contributed by atoms with Gasteiger partial charge in [-0.15, -0.1) is 0 Å². The summed E-state index contributed by atoms with van der Waals surface area (Å²) < 4.78 is 79.9. The second-order valence-electron chi connectivity index (χ2n) is 6.23. The maximum atomic E-state index is 13.3. The smallest absolute Gasteiger partial charge is 0.434 e. The van der Waals surface area contributed by atoms with Crippen molar-refractivity contribution in [3.63, 3.8) is 0 Å². The molecular weight excluding hydrogens is 408 g/mol. The summed E-state index contributed by atoms with van der Waals surface area (Å²) in [5, 5.41) is 9.35. The molecule has 2 rings (SSSR count). The van der Waals surface area contributed by atoms with Gasteiger partial charge in [-0.05, 0) is 30.0 Å². The van der Waals surface area contributed by atoms with Crippen molar-refractivity contribution in [1.82, 2.24) is 4.98 Å². The molecule has 1 N–H and O–H groups in total. The number of rotatable bonds is 4. The van der Waals surface area contributed by atoms with Crippen molar-refractivity contribution in [2.45, 2.75) is 48.8 Å². The summed E-state index contributed by atoms with van der Waals surface area (Å²) >= 11 is 0.564.